The van der Waals surface area contributed by atoms with Crippen LogP contribution in [0.3, 0.4) is 0 Å². The van der Waals surface area contributed by atoms with E-state index in [0.717, 1.165) is 35.6 Å². The van der Waals surface area contributed by atoms with Crippen molar-refractivity contribution in [3.8, 4) is 11.8 Å². The number of hydrogen-bond acceptors (Lipinski definition) is 7. The fourth-order valence-electron chi connectivity index (χ4n) is 2.65. The van der Waals surface area contributed by atoms with Crippen LogP contribution in [-0.4, -0.2) is 60.1 Å². The second-order valence-electron chi connectivity index (χ2n) is 9.33. The number of halogens is 1. The van der Waals surface area contributed by atoms with Crippen LogP contribution in [0.15, 0.2) is 41.6 Å². The minimum Gasteiger partial charge on any atom is -0.478 e. The van der Waals surface area contributed by atoms with Crippen molar-refractivity contribution in [2.45, 2.75) is 52.4 Å². The smallest absolute Gasteiger partial charge is 0.264 e. The first kappa shape index (κ1) is 28.4. The molecule has 37 heavy (non-hydrogen) atoms. The van der Waals surface area contributed by atoms with Gasteiger partial charge in [0.1, 0.15) is 0 Å². The van der Waals surface area contributed by atoms with Crippen molar-refractivity contribution in [1.29, 1.82) is 0 Å². The van der Waals surface area contributed by atoms with Crippen LogP contribution in [0.25, 0.3) is 0 Å². The number of alkyl halides is 1. The largest absolute Gasteiger partial charge is 0.478 e. The highest BCUT2D eigenvalue weighted by Gasteiger charge is 2.22. The molecule has 3 saturated carbocycles. The van der Waals surface area contributed by atoms with Crippen LogP contribution in [0.1, 0.15) is 62.0 Å². The molecule has 3 aromatic rings. The van der Waals surface area contributed by atoms with Gasteiger partial charge in [-0.05, 0) is 56.3 Å². The monoisotopic (exact) mass is 578 g/mol. The topological polar surface area (TPSA) is 137 Å². The third-order valence-corrected chi connectivity index (χ3v) is 6.47. The molecule has 0 saturated heterocycles. The molecule has 2 N–H and O–H groups in total. The zero-order valence-corrected chi connectivity index (χ0v) is 22.9. The maximum absolute atomic E-state index is 10.9. The number of nitrogens with zero attached hydrogens (tertiary/aromatic N) is 4. The minimum atomic E-state index is -0.259. The SMILES string of the molecule is BrCC1CC1.CC(=O)n1ccc(=O)[nH]1.CC(=O)n1ccc(OCC2CC2)n1.c1cc(OCC2CC2)[nH]n1. The highest BCUT2D eigenvalue weighted by Crippen LogP contribution is 2.30. The van der Waals surface area contributed by atoms with Crippen LogP contribution >= 0.6 is 15.9 Å². The van der Waals surface area contributed by atoms with Gasteiger partial charge in [-0.2, -0.15) is 5.10 Å². The molecule has 0 spiro atoms. The van der Waals surface area contributed by atoms with E-state index in [1.807, 2.05) is 6.07 Å². The Kier molecular flexibility index (Phi) is 11.2. The first-order valence-electron chi connectivity index (χ1n) is 12.5. The molecule has 0 amide bonds. The molecular weight excluding hydrogens is 544 g/mol. The summed E-state index contributed by atoms with van der Waals surface area (Å²) in [6.07, 6.45) is 12.8. The van der Waals surface area contributed by atoms with Crippen LogP contribution in [0, 0.1) is 17.8 Å². The molecule has 12 heteroatoms. The predicted molar refractivity (Wildman–Crippen MR) is 141 cm³/mol. The van der Waals surface area contributed by atoms with E-state index in [-0.39, 0.29) is 17.4 Å². The Hall–Kier alpha value is -3.15. The molecule has 0 atom stereocenters. The number of rotatable bonds is 7. The Balaban J connectivity index is 0.000000143. The zero-order chi connectivity index (χ0) is 26.6. The summed E-state index contributed by atoms with van der Waals surface area (Å²) in [4.78, 5) is 31.7. The van der Waals surface area contributed by atoms with E-state index >= 15 is 0 Å². The third kappa shape index (κ3) is 12.1. The molecule has 3 aliphatic carbocycles. The summed E-state index contributed by atoms with van der Waals surface area (Å²) in [7, 11) is 0. The summed E-state index contributed by atoms with van der Waals surface area (Å²) >= 11 is 3.38. The molecule has 3 heterocycles. The standard InChI is InChI=1S/C9H12N2O2.C7H10N2O.C5H6N2O2.C4H7Br/c1-7(12)11-5-4-9(10-11)13-6-8-2-3-8;1-2-6(1)5-10-7-3-4-8-9-7;1-4(8)7-3-2-5(9)6-7;5-3-4-1-2-4/h4-5,8H,2-3,6H2,1H3;3-4,6H,1-2,5H2,(H,8,9);2-3H,1H3,(H,6,9);4H,1-3H2. The number of nitrogens with one attached hydrogen (secondary N) is 2. The van der Waals surface area contributed by atoms with Crippen molar-refractivity contribution >= 4 is 27.7 Å². The van der Waals surface area contributed by atoms with Gasteiger partial charge in [0.2, 0.25) is 23.6 Å². The second-order valence-corrected chi connectivity index (χ2v) is 9.97. The normalized spacial score (nSPS) is 15.6. The third-order valence-electron chi connectivity index (χ3n) is 5.56. The van der Waals surface area contributed by atoms with E-state index in [0.29, 0.717) is 11.8 Å². The highest BCUT2D eigenvalue weighted by molar-refractivity contribution is 9.09. The van der Waals surface area contributed by atoms with Gasteiger partial charge in [0.15, 0.2) is 0 Å². The van der Waals surface area contributed by atoms with Gasteiger partial charge in [0.05, 0.1) is 19.4 Å². The van der Waals surface area contributed by atoms with E-state index in [1.54, 1.807) is 18.5 Å². The highest BCUT2D eigenvalue weighted by atomic mass is 79.9. The van der Waals surface area contributed by atoms with Gasteiger partial charge in [0, 0.05) is 49.8 Å². The molecule has 3 fully saturated rings. The van der Waals surface area contributed by atoms with Crippen LogP contribution in [0.2, 0.25) is 0 Å². The van der Waals surface area contributed by atoms with Crippen molar-refractivity contribution in [2.24, 2.45) is 17.8 Å². The van der Waals surface area contributed by atoms with E-state index in [1.165, 1.54) is 74.6 Å². The fourth-order valence-corrected chi connectivity index (χ4v) is 3.30. The first-order valence-corrected chi connectivity index (χ1v) is 13.6. The number of carbonyl (C=O) groups is 2. The number of aromatic amines is 2. The first-order chi connectivity index (χ1) is 17.8. The van der Waals surface area contributed by atoms with E-state index in [2.05, 4.69) is 36.3 Å². The van der Waals surface area contributed by atoms with Crippen molar-refractivity contribution in [3.63, 3.8) is 0 Å². The van der Waals surface area contributed by atoms with Gasteiger partial charge >= 0.3 is 0 Å². The van der Waals surface area contributed by atoms with E-state index < -0.39 is 0 Å². The summed E-state index contributed by atoms with van der Waals surface area (Å²) in [5.74, 6) is 3.60. The Morgan fingerprint density at radius 3 is 1.97 bits per heavy atom. The Labute approximate surface area is 224 Å². The molecule has 11 nitrogen and oxygen atoms in total. The summed E-state index contributed by atoms with van der Waals surface area (Å²) in [5, 5.41) is 14.0. The number of carbonyl (C=O) groups excluding carboxylic acids is 2. The van der Waals surface area contributed by atoms with Crippen molar-refractivity contribution in [2.75, 3.05) is 18.5 Å². The van der Waals surface area contributed by atoms with Crippen LogP contribution in [0.5, 0.6) is 11.8 Å². The summed E-state index contributed by atoms with van der Waals surface area (Å²) in [6, 6.07) is 4.84. The van der Waals surface area contributed by atoms with Crippen molar-refractivity contribution in [1.82, 2.24) is 29.8 Å². The maximum atomic E-state index is 10.9. The average Bonchev–Trinajstić information content (AvgIpc) is 3.86. The van der Waals surface area contributed by atoms with Crippen LogP contribution in [0.4, 0.5) is 0 Å². The quantitative estimate of drug-likeness (QED) is 0.401. The Morgan fingerprint density at radius 2 is 1.59 bits per heavy atom. The molecule has 6 rings (SSSR count). The molecule has 3 aliphatic rings. The lowest BCUT2D eigenvalue weighted by molar-refractivity contribution is 0.0911. The van der Waals surface area contributed by atoms with Gasteiger partial charge < -0.3 is 9.47 Å². The zero-order valence-electron chi connectivity index (χ0n) is 21.3. The molecule has 0 unspecified atom stereocenters. The van der Waals surface area contributed by atoms with Crippen molar-refractivity contribution in [3.05, 3.63) is 47.1 Å². The molecule has 3 aromatic heterocycles. The van der Waals surface area contributed by atoms with Gasteiger partial charge in [-0.3, -0.25) is 19.5 Å². The molecular formula is C25H35BrN6O5. The minimum absolute atomic E-state index is 0.0960. The predicted octanol–water partition coefficient (Wildman–Crippen LogP) is 4.16. The number of hydrogen-bond donors (Lipinski definition) is 2. The lowest BCUT2D eigenvalue weighted by Gasteiger charge is -1.98. The number of ether oxygens (including phenoxy) is 2. The number of H-pyrrole nitrogens is 2. The van der Waals surface area contributed by atoms with Crippen molar-refractivity contribution < 1.29 is 19.1 Å². The molecule has 202 valence electrons. The van der Waals surface area contributed by atoms with E-state index in [9.17, 15) is 14.4 Å². The summed E-state index contributed by atoms with van der Waals surface area (Å²) in [5.41, 5.74) is -0.259. The molecule has 0 radical (unpaired) electrons. The second kappa shape index (κ2) is 14.6. The average molecular weight is 579 g/mol. The van der Waals surface area contributed by atoms with Gasteiger partial charge in [-0.15, -0.1) is 5.10 Å². The number of aromatic nitrogens is 6. The summed E-state index contributed by atoms with van der Waals surface area (Å²) < 4.78 is 13.1. The summed E-state index contributed by atoms with van der Waals surface area (Å²) in [6.45, 7) is 4.42. The van der Waals surface area contributed by atoms with Gasteiger partial charge in [-0.1, -0.05) is 15.9 Å². The molecule has 0 bridgehead atoms. The molecule has 0 aliphatic heterocycles. The lowest BCUT2D eigenvalue weighted by Crippen LogP contribution is -2.10. The molecule has 0 aromatic carbocycles. The van der Waals surface area contributed by atoms with Crippen LogP contribution in [-0.2, 0) is 0 Å². The maximum Gasteiger partial charge on any atom is 0.264 e. The Bertz CT molecular complexity index is 1140. The Morgan fingerprint density at radius 1 is 0.946 bits per heavy atom. The van der Waals surface area contributed by atoms with E-state index in [4.69, 9.17) is 9.47 Å². The fraction of sp³-hybridized carbons (Fsp3) is 0.560. The van der Waals surface area contributed by atoms with Gasteiger partial charge in [0.25, 0.3) is 5.56 Å². The van der Waals surface area contributed by atoms with Crippen LogP contribution < -0.4 is 15.0 Å². The van der Waals surface area contributed by atoms with Gasteiger partial charge in [-0.25, -0.2) is 14.5 Å². The lowest BCUT2D eigenvalue weighted by atomic mass is 10.5.